The number of nitrogens with one attached hydrogen (secondary N) is 1. The van der Waals surface area contributed by atoms with Gasteiger partial charge in [0, 0.05) is 29.7 Å². The molecule has 1 rings (SSSR count). The largest absolute Gasteiger partial charge is 0.326 e. The van der Waals surface area contributed by atoms with Gasteiger partial charge in [-0.2, -0.15) is 0 Å². The molecule has 1 aromatic carbocycles. The van der Waals surface area contributed by atoms with E-state index in [1.54, 1.807) is 6.92 Å². The van der Waals surface area contributed by atoms with Crippen LogP contribution < -0.4 is 10.5 Å². The molecule has 20 heavy (non-hydrogen) atoms. The Kier molecular flexibility index (Phi) is 5.91. The van der Waals surface area contributed by atoms with Crippen molar-refractivity contribution < 1.29 is 12.8 Å². The van der Waals surface area contributed by atoms with Crippen LogP contribution in [0.25, 0.3) is 0 Å². The van der Waals surface area contributed by atoms with Gasteiger partial charge in [0.2, 0.25) is 10.0 Å². The van der Waals surface area contributed by atoms with Gasteiger partial charge in [0.1, 0.15) is 10.7 Å². The highest BCUT2D eigenvalue weighted by Gasteiger charge is 2.24. The van der Waals surface area contributed by atoms with Crippen LogP contribution in [0.4, 0.5) is 4.39 Å². The third-order valence-corrected chi connectivity index (χ3v) is 4.39. The summed E-state index contributed by atoms with van der Waals surface area (Å²) in [4.78, 5) is 1.35. The van der Waals surface area contributed by atoms with E-state index in [9.17, 15) is 12.8 Å². The average molecular weight is 324 g/mol. The summed E-state index contributed by atoms with van der Waals surface area (Å²) in [5.41, 5.74) is 5.45. The zero-order valence-corrected chi connectivity index (χ0v) is 13.2. The fourth-order valence-electron chi connectivity index (χ4n) is 1.88. The zero-order chi connectivity index (χ0) is 15.5. The van der Waals surface area contributed by atoms with Gasteiger partial charge in [0.25, 0.3) is 0 Å². The highest BCUT2D eigenvalue weighted by Crippen LogP contribution is 2.23. The first-order chi connectivity index (χ1) is 9.17. The molecular formula is C12H19ClFN3O2S. The minimum atomic E-state index is -3.98. The summed E-state index contributed by atoms with van der Waals surface area (Å²) in [6, 6.07) is 2.04. The Balaban J connectivity index is 3.13. The minimum Gasteiger partial charge on any atom is -0.326 e. The molecule has 0 aliphatic heterocycles. The van der Waals surface area contributed by atoms with Crippen molar-refractivity contribution in [3.8, 4) is 0 Å². The fourth-order valence-corrected chi connectivity index (χ4v) is 3.56. The molecule has 1 atom stereocenters. The SMILES string of the molecule is CC(CN(C)C)NS(=O)(=O)c1cc(Cl)cc(CN)c1F. The summed E-state index contributed by atoms with van der Waals surface area (Å²) in [7, 11) is -0.349. The Labute approximate surface area is 124 Å². The van der Waals surface area contributed by atoms with Crippen LogP contribution in [-0.4, -0.2) is 40.0 Å². The van der Waals surface area contributed by atoms with Crippen molar-refractivity contribution in [1.82, 2.24) is 9.62 Å². The minimum absolute atomic E-state index is 0.0677. The zero-order valence-electron chi connectivity index (χ0n) is 11.7. The maximum absolute atomic E-state index is 14.1. The average Bonchev–Trinajstić information content (AvgIpc) is 2.29. The van der Waals surface area contributed by atoms with E-state index in [1.165, 1.54) is 6.07 Å². The molecule has 0 aliphatic carbocycles. The molecule has 0 spiro atoms. The van der Waals surface area contributed by atoms with Crippen LogP contribution in [0.5, 0.6) is 0 Å². The lowest BCUT2D eigenvalue weighted by Crippen LogP contribution is -2.39. The quantitative estimate of drug-likeness (QED) is 0.824. The Hall–Kier alpha value is -0.730. The van der Waals surface area contributed by atoms with Crippen LogP contribution in [0.2, 0.25) is 5.02 Å². The Morgan fingerprint density at radius 2 is 2.05 bits per heavy atom. The number of hydrogen-bond acceptors (Lipinski definition) is 4. The standard InChI is InChI=1S/C12H19ClFN3O2S/c1-8(7-17(2)3)16-20(18,19)11-5-10(13)4-9(6-15)12(11)14/h4-5,8,16H,6-7,15H2,1-3H3. The van der Waals surface area contributed by atoms with Crippen LogP contribution in [0, 0.1) is 5.82 Å². The summed E-state index contributed by atoms with van der Waals surface area (Å²) in [6.07, 6.45) is 0. The fraction of sp³-hybridized carbons (Fsp3) is 0.500. The summed E-state index contributed by atoms with van der Waals surface area (Å²) in [6.45, 7) is 2.07. The van der Waals surface area contributed by atoms with Gasteiger partial charge in [0.05, 0.1) is 0 Å². The number of hydrogen-bond donors (Lipinski definition) is 2. The van der Waals surface area contributed by atoms with E-state index >= 15 is 0 Å². The lowest BCUT2D eigenvalue weighted by molar-refractivity contribution is 0.370. The molecule has 1 aromatic rings. The topological polar surface area (TPSA) is 75.4 Å². The van der Waals surface area contributed by atoms with E-state index in [1.807, 2.05) is 19.0 Å². The predicted octanol–water partition coefficient (Wildman–Crippen LogP) is 1.17. The monoisotopic (exact) mass is 323 g/mol. The predicted molar refractivity (Wildman–Crippen MR) is 77.6 cm³/mol. The van der Waals surface area contributed by atoms with Crippen molar-refractivity contribution in [3.05, 3.63) is 28.5 Å². The first-order valence-electron chi connectivity index (χ1n) is 6.02. The van der Waals surface area contributed by atoms with Crippen LogP contribution >= 0.6 is 11.6 Å². The number of sulfonamides is 1. The highest BCUT2D eigenvalue weighted by molar-refractivity contribution is 7.89. The number of likely N-dealkylation sites (N-methyl/N-ethyl adjacent to an activating group) is 1. The van der Waals surface area contributed by atoms with Crippen molar-refractivity contribution in [2.75, 3.05) is 20.6 Å². The van der Waals surface area contributed by atoms with Crippen LogP contribution in [0.1, 0.15) is 12.5 Å². The first-order valence-corrected chi connectivity index (χ1v) is 7.88. The second-order valence-corrected chi connectivity index (χ2v) is 6.98. The van der Waals surface area contributed by atoms with E-state index < -0.39 is 20.7 Å². The molecular weight excluding hydrogens is 305 g/mol. The molecule has 8 heteroatoms. The van der Waals surface area contributed by atoms with Crippen molar-refractivity contribution in [2.24, 2.45) is 5.73 Å². The molecule has 0 amide bonds. The van der Waals surface area contributed by atoms with Gasteiger partial charge in [-0.25, -0.2) is 17.5 Å². The number of benzene rings is 1. The third-order valence-electron chi connectivity index (χ3n) is 2.58. The van der Waals surface area contributed by atoms with E-state index in [0.29, 0.717) is 6.54 Å². The van der Waals surface area contributed by atoms with Gasteiger partial charge in [-0.05, 0) is 33.2 Å². The molecule has 0 bridgehead atoms. The van der Waals surface area contributed by atoms with E-state index in [4.69, 9.17) is 17.3 Å². The summed E-state index contributed by atoms with van der Waals surface area (Å²) in [5, 5.41) is 0.132. The molecule has 5 nitrogen and oxygen atoms in total. The molecule has 0 saturated heterocycles. The van der Waals surface area contributed by atoms with Crippen LogP contribution in [-0.2, 0) is 16.6 Å². The molecule has 0 heterocycles. The lowest BCUT2D eigenvalue weighted by Gasteiger charge is -2.19. The van der Waals surface area contributed by atoms with Crippen LogP contribution in [0.15, 0.2) is 17.0 Å². The van der Waals surface area contributed by atoms with Gasteiger partial charge >= 0.3 is 0 Å². The first kappa shape index (κ1) is 17.3. The molecule has 0 fully saturated rings. The summed E-state index contributed by atoms with van der Waals surface area (Å²) < 4.78 is 40.9. The Morgan fingerprint density at radius 1 is 1.45 bits per heavy atom. The van der Waals surface area contributed by atoms with E-state index in [0.717, 1.165) is 6.07 Å². The van der Waals surface area contributed by atoms with Crippen molar-refractivity contribution in [3.63, 3.8) is 0 Å². The Bertz CT molecular complexity index is 578. The number of halogens is 2. The van der Waals surface area contributed by atoms with Gasteiger partial charge < -0.3 is 10.6 Å². The molecule has 0 aromatic heterocycles. The normalized spacial score (nSPS) is 13.8. The second-order valence-electron chi connectivity index (χ2n) is 4.87. The summed E-state index contributed by atoms with van der Waals surface area (Å²) >= 11 is 5.80. The number of nitrogens with zero attached hydrogens (tertiary/aromatic N) is 1. The molecule has 0 saturated carbocycles. The molecule has 0 aliphatic rings. The molecule has 0 radical (unpaired) electrons. The second kappa shape index (κ2) is 6.82. The van der Waals surface area contributed by atoms with E-state index in [2.05, 4.69) is 4.72 Å². The van der Waals surface area contributed by atoms with Gasteiger partial charge in [0.15, 0.2) is 0 Å². The molecule has 3 N–H and O–H groups in total. The van der Waals surface area contributed by atoms with Crippen molar-refractivity contribution >= 4 is 21.6 Å². The van der Waals surface area contributed by atoms with E-state index in [-0.39, 0.29) is 23.2 Å². The van der Waals surface area contributed by atoms with Crippen LogP contribution in [0.3, 0.4) is 0 Å². The lowest BCUT2D eigenvalue weighted by atomic mass is 10.2. The van der Waals surface area contributed by atoms with Gasteiger partial charge in [-0.3, -0.25) is 0 Å². The highest BCUT2D eigenvalue weighted by atomic mass is 35.5. The maximum Gasteiger partial charge on any atom is 0.243 e. The third kappa shape index (κ3) is 4.39. The Morgan fingerprint density at radius 3 is 2.55 bits per heavy atom. The van der Waals surface area contributed by atoms with Gasteiger partial charge in [-0.15, -0.1) is 0 Å². The van der Waals surface area contributed by atoms with Gasteiger partial charge in [-0.1, -0.05) is 11.6 Å². The smallest absolute Gasteiger partial charge is 0.243 e. The maximum atomic E-state index is 14.1. The molecule has 114 valence electrons. The summed E-state index contributed by atoms with van der Waals surface area (Å²) in [5.74, 6) is -0.860. The van der Waals surface area contributed by atoms with Crippen molar-refractivity contribution in [2.45, 2.75) is 24.4 Å². The van der Waals surface area contributed by atoms with Crippen molar-refractivity contribution in [1.29, 1.82) is 0 Å². The molecule has 1 unspecified atom stereocenters. The number of nitrogens with two attached hydrogens (primary N) is 1. The number of rotatable bonds is 6.